The Morgan fingerprint density at radius 2 is 1.78 bits per heavy atom. The molecule has 150 valence electrons. The molecule has 1 aliphatic heterocycles. The van der Waals surface area contributed by atoms with Gasteiger partial charge in [0.2, 0.25) is 0 Å². The first kappa shape index (κ1) is 20.2. The molecule has 2 aliphatic rings. The quantitative estimate of drug-likeness (QED) is 0.545. The number of likely N-dealkylation sites (N-methyl/N-ethyl adjacent to an activating group) is 1. The van der Waals surface area contributed by atoms with Crippen molar-refractivity contribution in [3.05, 3.63) is 35.4 Å². The molecule has 5 heteroatoms. The summed E-state index contributed by atoms with van der Waals surface area (Å²) in [6, 6.07) is 10.3. The highest BCUT2D eigenvalue weighted by molar-refractivity contribution is 5.79. The van der Waals surface area contributed by atoms with Crippen LogP contribution in [-0.4, -0.2) is 61.6 Å². The summed E-state index contributed by atoms with van der Waals surface area (Å²) in [5.74, 6) is 0.878. The number of hydrogen-bond donors (Lipinski definition) is 2. The van der Waals surface area contributed by atoms with Crippen LogP contribution in [0.3, 0.4) is 0 Å². The van der Waals surface area contributed by atoms with Crippen LogP contribution in [0, 0.1) is 0 Å². The largest absolute Gasteiger partial charge is 0.355 e. The van der Waals surface area contributed by atoms with Crippen LogP contribution in [-0.2, 0) is 13.1 Å². The fourth-order valence-corrected chi connectivity index (χ4v) is 3.77. The second-order valence-corrected chi connectivity index (χ2v) is 8.21. The van der Waals surface area contributed by atoms with Crippen molar-refractivity contribution in [2.24, 2.45) is 4.99 Å². The Hall–Kier alpha value is -1.59. The van der Waals surface area contributed by atoms with Gasteiger partial charge >= 0.3 is 0 Å². The first-order valence-electron chi connectivity index (χ1n) is 10.6. The van der Waals surface area contributed by atoms with Crippen LogP contribution in [0.4, 0.5) is 0 Å². The van der Waals surface area contributed by atoms with Crippen LogP contribution in [0.5, 0.6) is 0 Å². The number of hydrogen-bond acceptors (Lipinski definition) is 3. The zero-order valence-corrected chi connectivity index (χ0v) is 17.4. The Morgan fingerprint density at radius 3 is 2.41 bits per heavy atom. The Bertz CT molecular complexity index is 587. The molecule has 5 nitrogen and oxygen atoms in total. The van der Waals surface area contributed by atoms with E-state index in [1.54, 1.807) is 0 Å². The molecule has 1 aromatic rings. The lowest BCUT2D eigenvalue weighted by molar-refractivity contribution is 0.221. The minimum absolute atomic E-state index is 0.519. The molecule has 1 saturated carbocycles. The maximum atomic E-state index is 4.36. The number of piperidine rings is 1. The smallest absolute Gasteiger partial charge is 0.191 e. The van der Waals surface area contributed by atoms with Crippen molar-refractivity contribution in [1.29, 1.82) is 0 Å². The summed E-state index contributed by atoms with van der Waals surface area (Å²) < 4.78 is 0. The number of nitrogens with zero attached hydrogens (tertiary/aromatic N) is 3. The zero-order chi connectivity index (χ0) is 19.1. The molecule has 1 atom stereocenters. The standard InChI is InChI=1S/C22H37N5/c1-18(26(3)21-11-12-21)15-24-22(23-2)25-16-19-7-9-20(10-8-19)17-27-13-5-4-6-14-27/h7-10,18,21H,4-6,11-17H2,1-3H3,(H2,23,24,25). The van der Waals surface area contributed by atoms with Crippen LogP contribution >= 0.6 is 0 Å². The fourth-order valence-electron chi connectivity index (χ4n) is 3.77. The van der Waals surface area contributed by atoms with Gasteiger partial charge in [-0.05, 0) is 63.9 Å². The Kier molecular flexibility index (Phi) is 7.53. The predicted molar refractivity (Wildman–Crippen MR) is 114 cm³/mol. The molecule has 2 fully saturated rings. The van der Waals surface area contributed by atoms with Gasteiger partial charge in [-0.3, -0.25) is 14.8 Å². The topological polar surface area (TPSA) is 42.9 Å². The third kappa shape index (κ3) is 6.51. The fraction of sp³-hybridized carbons (Fsp3) is 0.682. The molecule has 1 aliphatic carbocycles. The lowest BCUT2D eigenvalue weighted by atomic mass is 10.1. The van der Waals surface area contributed by atoms with Gasteiger partial charge in [0.05, 0.1) is 0 Å². The van der Waals surface area contributed by atoms with E-state index in [1.165, 1.54) is 56.3 Å². The number of rotatable bonds is 8. The molecule has 1 heterocycles. The summed E-state index contributed by atoms with van der Waals surface area (Å²) in [5, 5.41) is 6.89. The molecule has 0 radical (unpaired) electrons. The number of likely N-dealkylation sites (tertiary alicyclic amines) is 1. The van der Waals surface area contributed by atoms with Crippen molar-refractivity contribution >= 4 is 5.96 Å². The average Bonchev–Trinajstić information content (AvgIpc) is 3.54. The van der Waals surface area contributed by atoms with Crippen molar-refractivity contribution in [1.82, 2.24) is 20.4 Å². The molecule has 0 spiro atoms. The molecule has 2 N–H and O–H groups in total. The normalized spacial score (nSPS) is 19.9. The van der Waals surface area contributed by atoms with E-state index in [0.717, 1.165) is 31.6 Å². The molecular formula is C22H37N5. The maximum Gasteiger partial charge on any atom is 0.191 e. The van der Waals surface area contributed by atoms with Crippen molar-refractivity contribution in [2.75, 3.05) is 33.7 Å². The predicted octanol–water partition coefficient (Wildman–Crippen LogP) is 2.82. The molecule has 0 aromatic heterocycles. The molecule has 1 aromatic carbocycles. The van der Waals surface area contributed by atoms with Gasteiger partial charge in [0.25, 0.3) is 0 Å². The third-order valence-corrected chi connectivity index (χ3v) is 5.94. The summed E-state index contributed by atoms with van der Waals surface area (Å²) in [5.41, 5.74) is 2.71. The van der Waals surface area contributed by atoms with E-state index >= 15 is 0 Å². The van der Waals surface area contributed by atoms with Crippen LogP contribution in [0.25, 0.3) is 0 Å². The van der Waals surface area contributed by atoms with Gasteiger partial charge in [-0.15, -0.1) is 0 Å². The van der Waals surface area contributed by atoms with Crippen LogP contribution in [0.2, 0.25) is 0 Å². The molecule has 1 saturated heterocycles. The Balaban J connectivity index is 1.39. The van der Waals surface area contributed by atoms with E-state index in [1.807, 2.05) is 7.05 Å². The summed E-state index contributed by atoms with van der Waals surface area (Å²) in [4.78, 5) is 9.40. The van der Waals surface area contributed by atoms with Gasteiger partial charge in [-0.1, -0.05) is 30.7 Å². The highest BCUT2D eigenvalue weighted by Crippen LogP contribution is 2.26. The zero-order valence-electron chi connectivity index (χ0n) is 17.4. The molecule has 1 unspecified atom stereocenters. The summed E-state index contributed by atoms with van der Waals surface area (Å²) >= 11 is 0. The van der Waals surface area contributed by atoms with Gasteiger partial charge < -0.3 is 10.6 Å². The number of guanidine groups is 1. The van der Waals surface area contributed by atoms with E-state index in [0.29, 0.717) is 6.04 Å². The third-order valence-electron chi connectivity index (χ3n) is 5.94. The molecule has 0 bridgehead atoms. The van der Waals surface area contributed by atoms with Gasteiger partial charge in [-0.2, -0.15) is 0 Å². The molecular weight excluding hydrogens is 334 g/mol. The molecule has 0 amide bonds. The summed E-state index contributed by atoms with van der Waals surface area (Å²) in [7, 11) is 4.07. The van der Waals surface area contributed by atoms with E-state index in [9.17, 15) is 0 Å². The first-order valence-corrected chi connectivity index (χ1v) is 10.6. The van der Waals surface area contributed by atoms with Gasteiger partial charge in [-0.25, -0.2) is 0 Å². The van der Waals surface area contributed by atoms with E-state index in [-0.39, 0.29) is 0 Å². The minimum atomic E-state index is 0.519. The van der Waals surface area contributed by atoms with Gasteiger partial charge in [0, 0.05) is 38.8 Å². The van der Waals surface area contributed by atoms with Crippen molar-refractivity contribution in [2.45, 2.75) is 64.2 Å². The SMILES string of the molecule is CN=C(NCc1ccc(CN2CCCCC2)cc1)NCC(C)N(C)C1CC1. The number of nitrogens with one attached hydrogen (secondary N) is 2. The second-order valence-electron chi connectivity index (χ2n) is 8.21. The van der Waals surface area contributed by atoms with Crippen molar-refractivity contribution in [3.63, 3.8) is 0 Å². The minimum Gasteiger partial charge on any atom is -0.355 e. The maximum absolute atomic E-state index is 4.36. The first-order chi connectivity index (χ1) is 13.2. The Morgan fingerprint density at radius 1 is 1.11 bits per heavy atom. The second kappa shape index (κ2) is 10.1. The van der Waals surface area contributed by atoms with E-state index in [2.05, 4.69) is 63.7 Å². The lowest BCUT2D eigenvalue weighted by Gasteiger charge is -2.26. The van der Waals surface area contributed by atoms with Crippen molar-refractivity contribution < 1.29 is 0 Å². The number of benzene rings is 1. The lowest BCUT2D eigenvalue weighted by Crippen LogP contribution is -2.45. The van der Waals surface area contributed by atoms with Crippen molar-refractivity contribution in [3.8, 4) is 0 Å². The van der Waals surface area contributed by atoms with Gasteiger partial charge in [0.1, 0.15) is 0 Å². The summed E-state index contributed by atoms with van der Waals surface area (Å²) in [6.07, 6.45) is 6.79. The molecule has 3 rings (SSSR count). The number of aliphatic imine (C=N–C) groups is 1. The Labute approximate surface area is 165 Å². The van der Waals surface area contributed by atoms with Crippen LogP contribution in [0.15, 0.2) is 29.3 Å². The highest BCUT2D eigenvalue weighted by Gasteiger charge is 2.28. The van der Waals surface area contributed by atoms with E-state index in [4.69, 9.17) is 0 Å². The van der Waals surface area contributed by atoms with Crippen LogP contribution < -0.4 is 10.6 Å². The average molecular weight is 372 g/mol. The molecule has 27 heavy (non-hydrogen) atoms. The van der Waals surface area contributed by atoms with E-state index < -0.39 is 0 Å². The van der Waals surface area contributed by atoms with Gasteiger partial charge in [0.15, 0.2) is 5.96 Å². The highest BCUT2D eigenvalue weighted by atomic mass is 15.2. The summed E-state index contributed by atoms with van der Waals surface area (Å²) in [6.45, 7) is 7.58. The van der Waals surface area contributed by atoms with Crippen LogP contribution in [0.1, 0.15) is 50.2 Å². The monoisotopic (exact) mass is 371 g/mol.